The minimum Gasteiger partial charge on any atom is -0.301 e. The number of hydrogen-bond acceptors (Lipinski definition) is 4. The Bertz CT molecular complexity index is 785. The van der Waals surface area contributed by atoms with Gasteiger partial charge in [-0.25, -0.2) is 0 Å². The van der Waals surface area contributed by atoms with E-state index in [1.165, 1.54) is 0 Å². The molecule has 6 heteroatoms. The van der Waals surface area contributed by atoms with Gasteiger partial charge in [0.05, 0.1) is 22.8 Å². The lowest BCUT2D eigenvalue weighted by atomic mass is 10.2. The second kappa shape index (κ2) is 8.08. The van der Waals surface area contributed by atoms with Gasteiger partial charge in [0.2, 0.25) is 0 Å². The molecule has 0 unspecified atom stereocenters. The molecule has 0 bridgehead atoms. The van der Waals surface area contributed by atoms with Crippen LogP contribution in [-0.2, 0) is 0 Å². The summed E-state index contributed by atoms with van der Waals surface area (Å²) in [5, 5.41) is 5.69. The lowest BCUT2D eigenvalue weighted by Crippen LogP contribution is -2.24. The number of allylic oxidation sites excluding steroid dienone is 1. The molecule has 0 spiro atoms. The summed E-state index contributed by atoms with van der Waals surface area (Å²) >= 11 is 12.2. The number of rotatable bonds is 6. The summed E-state index contributed by atoms with van der Waals surface area (Å²) in [6.07, 6.45) is 0. The number of nitrogens with zero attached hydrogens (tertiary/aromatic N) is 1. The normalized spacial score (nSPS) is 11.1. The lowest BCUT2D eigenvalue weighted by molar-refractivity contribution is 1.01. The first-order valence-corrected chi connectivity index (χ1v) is 8.16. The highest BCUT2D eigenvalue weighted by Crippen LogP contribution is 2.20. The van der Waals surface area contributed by atoms with Crippen molar-refractivity contribution in [3.63, 3.8) is 0 Å². The lowest BCUT2D eigenvalue weighted by Gasteiger charge is -2.13. The molecule has 2 aromatic rings. The topological polar surface area (TPSA) is 48.5 Å². The Balaban J connectivity index is 1.93. The molecule has 24 heavy (non-hydrogen) atoms. The molecule has 0 aliphatic rings. The fraction of sp³-hybridized carbons (Fsp3) is 0.167. The Morgan fingerprint density at radius 3 is 2.08 bits per heavy atom. The smallest absolute Gasteiger partial charge is 0.0818 e. The van der Waals surface area contributed by atoms with Gasteiger partial charge >= 0.3 is 0 Å². The van der Waals surface area contributed by atoms with Crippen LogP contribution in [0, 0.1) is 13.8 Å². The van der Waals surface area contributed by atoms with Gasteiger partial charge in [-0.1, -0.05) is 41.9 Å². The predicted octanol–water partition coefficient (Wildman–Crippen LogP) is 5.53. The van der Waals surface area contributed by atoms with Crippen LogP contribution >= 0.6 is 23.2 Å². The van der Waals surface area contributed by atoms with Crippen LogP contribution in [0.15, 0.2) is 53.8 Å². The maximum Gasteiger partial charge on any atom is 0.0818 e. The van der Waals surface area contributed by atoms with E-state index in [0.29, 0.717) is 21.5 Å². The van der Waals surface area contributed by atoms with Gasteiger partial charge in [-0.2, -0.15) is 5.10 Å². The average Bonchev–Trinajstić information content (AvgIpc) is 2.56. The number of benzene rings is 2. The van der Waals surface area contributed by atoms with E-state index in [4.69, 9.17) is 23.2 Å². The highest BCUT2D eigenvalue weighted by atomic mass is 35.5. The number of hydrogen-bond donors (Lipinski definition) is 3. The van der Waals surface area contributed by atoms with Crippen LogP contribution in [0.2, 0.25) is 10.0 Å². The molecule has 0 atom stereocenters. The SMILES string of the molecule is C=C(NNc1ccc(C)c(Cl)c1)/C(C)=N\Nc1ccc(C)c(Cl)c1. The maximum absolute atomic E-state index is 6.10. The van der Waals surface area contributed by atoms with Gasteiger partial charge in [0.25, 0.3) is 0 Å². The number of aryl methyl sites for hydroxylation is 2. The van der Waals surface area contributed by atoms with E-state index in [1.54, 1.807) is 0 Å². The van der Waals surface area contributed by atoms with E-state index in [1.807, 2.05) is 57.2 Å². The third-order valence-corrected chi connectivity index (χ3v) is 4.31. The molecule has 0 fully saturated rings. The van der Waals surface area contributed by atoms with E-state index >= 15 is 0 Å². The van der Waals surface area contributed by atoms with Crippen LogP contribution in [0.4, 0.5) is 11.4 Å². The monoisotopic (exact) mass is 362 g/mol. The van der Waals surface area contributed by atoms with Gasteiger partial charge in [-0.3, -0.25) is 10.9 Å². The van der Waals surface area contributed by atoms with Crippen molar-refractivity contribution in [1.82, 2.24) is 5.43 Å². The van der Waals surface area contributed by atoms with Crippen molar-refractivity contribution in [3.05, 3.63) is 69.8 Å². The summed E-state index contributed by atoms with van der Waals surface area (Å²) in [5.74, 6) is 0. The van der Waals surface area contributed by atoms with E-state index in [2.05, 4.69) is 28.0 Å². The molecule has 0 saturated heterocycles. The van der Waals surface area contributed by atoms with Crippen LogP contribution < -0.4 is 16.3 Å². The Labute approximate surface area is 152 Å². The molecule has 0 aliphatic heterocycles. The van der Waals surface area contributed by atoms with E-state index in [9.17, 15) is 0 Å². The third kappa shape index (κ3) is 4.91. The maximum atomic E-state index is 6.10. The first kappa shape index (κ1) is 18.2. The quantitative estimate of drug-likeness (QED) is 0.467. The highest BCUT2D eigenvalue weighted by molar-refractivity contribution is 6.31. The molecule has 0 aliphatic carbocycles. The first-order chi connectivity index (χ1) is 11.4. The first-order valence-electron chi connectivity index (χ1n) is 7.40. The number of hydrazine groups is 1. The number of halogens is 2. The van der Waals surface area contributed by atoms with Crippen LogP contribution in [0.3, 0.4) is 0 Å². The zero-order valence-corrected chi connectivity index (χ0v) is 15.4. The minimum absolute atomic E-state index is 0.636. The molecule has 2 aromatic carbocycles. The molecular weight excluding hydrogens is 343 g/mol. The predicted molar refractivity (Wildman–Crippen MR) is 105 cm³/mol. The molecule has 2 rings (SSSR count). The van der Waals surface area contributed by atoms with Crippen molar-refractivity contribution >= 4 is 40.3 Å². The Kier molecular flexibility index (Phi) is 6.12. The van der Waals surface area contributed by atoms with Crippen molar-refractivity contribution in [2.24, 2.45) is 5.10 Å². The van der Waals surface area contributed by atoms with Gasteiger partial charge in [-0.15, -0.1) is 0 Å². The van der Waals surface area contributed by atoms with E-state index in [0.717, 1.165) is 22.5 Å². The largest absolute Gasteiger partial charge is 0.301 e. The summed E-state index contributed by atoms with van der Waals surface area (Å²) < 4.78 is 0. The van der Waals surface area contributed by atoms with Crippen molar-refractivity contribution < 1.29 is 0 Å². The summed E-state index contributed by atoms with van der Waals surface area (Å²) in [4.78, 5) is 0. The minimum atomic E-state index is 0.636. The Morgan fingerprint density at radius 1 is 0.958 bits per heavy atom. The second-order valence-corrected chi connectivity index (χ2v) is 6.28. The molecule has 126 valence electrons. The fourth-order valence-electron chi connectivity index (χ4n) is 1.79. The summed E-state index contributed by atoms with van der Waals surface area (Å²) in [6.45, 7) is 9.71. The van der Waals surface area contributed by atoms with Crippen molar-refractivity contribution in [2.45, 2.75) is 20.8 Å². The average molecular weight is 363 g/mol. The molecule has 4 nitrogen and oxygen atoms in total. The van der Waals surface area contributed by atoms with Crippen LogP contribution in [0.25, 0.3) is 0 Å². The molecule has 0 heterocycles. The molecule has 3 N–H and O–H groups in total. The van der Waals surface area contributed by atoms with Gasteiger partial charge in [0.1, 0.15) is 0 Å². The zero-order chi connectivity index (χ0) is 17.7. The molecule has 0 saturated carbocycles. The number of nitrogens with one attached hydrogen (secondary N) is 3. The van der Waals surface area contributed by atoms with Crippen molar-refractivity contribution in [2.75, 3.05) is 10.9 Å². The van der Waals surface area contributed by atoms with Crippen molar-refractivity contribution in [1.29, 1.82) is 0 Å². The van der Waals surface area contributed by atoms with E-state index in [-0.39, 0.29) is 0 Å². The standard InChI is InChI=1S/C18H20Cl2N4/c1-11-5-7-15(9-17(11)19)23-21-13(3)14(4)22-24-16-8-6-12(2)18(20)10-16/h5-10,21,23-24H,3H2,1-2,4H3/b22-14-. The summed E-state index contributed by atoms with van der Waals surface area (Å²) in [5.41, 5.74) is 14.1. The molecular formula is C18H20Cl2N4. The Hall–Kier alpha value is -2.17. The van der Waals surface area contributed by atoms with Crippen LogP contribution in [-0.4, -0.2) is 5.71 Å². The third-order valence-electron chi connectivity index (χ3n) is 3.49. The van der Waals surface area contributed by atoms with Gasteiger partial charge < -0.3 is 5.43 Å². The van der Waals surface area contributed by atoms with E-state index < -0.39 is 0 Å². The van der Waals surface area contributed by atoms with Gasteiger partial charge in [0.15, 0.2) is 0 Å². The highest BCUT2D eigenvalue weighted by Gasteiger charge is 2.01. The zero-order valence-electron chi connectivity index (χ0n) is 13.9. The number of anilines is 2. The molecule has 0 radical (unpaired) electrons. The summed E-state index contributed by atoms with van der Waals surface area (Å²) in [6, 6.07) is 11.4. The van der Waals surface area contributed by atoms with Gasteiger partial charge in [0, 0.05) is 10.0 Å². The number of hydrazone groups is 1. The molecule has 0 amide bonds. The van der Waals surface area contributed by atoms with Crippen molar-refractivity contribution in [3.8, 4) is 0 Å². The fourth-order valence-corrected chi connectivity index (χ4v) is 2.15. The van der Waals surface area contributed by atoms with Crippen LogP contribution in [0.5, 0.6) is 0 Å². The van der Waals surface area contributed by atoms with Gasteiger partial charge in [-0.05, 0) is 56.2 Å². The summed E-state index contributed by atoms with van der Waals surface area (Å²) in [7, 11) is 0. The van der Waals surface area contributed by atoms with Crippen LogP contribution in [0.1, 0.15) is 18.1 Å². The Morgan fingerprint density at radius 2 is 1.50 bits per heavy atom. The molecule has 0 aromatic heterocycles. The second-order valence-electron chi connectivity index (χ2n) is 5.47.